The third kappa shape index (κ3) is 4.61. The molecule has 7 nitrogen and oxygen atoms in total. The Hall–Kier alpha value is -2.96. The Morgan fingerprint density at radius 1 is 1.26 bits per heavy atom. The van der Waals surface area contributed by atoms with Gasteiger partial charge in [-0.1, -0.05) is 18.6 Å². The highest BCUT2D eigenvalue weighted by Crippen LogP contribution is 2.20. The number of aryl methyl sites for hydroxylation is 3. The fourth-order valence-corrected chi connectivity index (χ4v) is 3.03. The van der Waals surface area contributed by atoms with Crippen molar-refractivity contribution in [1.82, 2.24) is 24.8 Å². The lowest BCUT2D eigenvalue weighted by atomic mass is 10.1. The molecular formula is C20H26N6O. The van der Waals surface area contributed by atoms with Crippen molar-refractivity contribution in [3.8, 4) is 0 Å². The van der Waals surface area contributed by atoms with Gasteiger partial charge in [-0.05, 0) is 32.4 Å². The predicted octanol–water partition coefficient (Wildman–Crippen LogP) is 2.70. The molecule has 0 unspecified atom stereocenters. The fraction of sp³-hybridized carbons (Fsp3) is 0.400. The second-order valence-electron chi connectivity index (χ2n) is 6.64. The Kier molecular flexibility index (Phi) is 6.01. The Morgan fingerprint density at radius 2 is 2.11 bits per heavy atom. The average molecular weight is 366 g/mol. The highest BCUT2D eigenvalue weighted by molar-refractivity contribution is 5.92. The van der Waals surface area contributed by atoms with E-state index >= 15 is 0 Å². The van der Waals surface area contributed by atoms with E-state index in [0.29, 0.717) is 12.4 Å². The average Bonchev–Trinajstić information content (AvgIpc) is 3.13. The van der Waals surface area contributed by atoms with Gasteiger partial charge < -0.3 is 15.2 Å². The Labute approximate surface area is 159 Å². The van der Waals surface area contributed by atoms with Crippen LogP contribution in [0.3, 0.4) is 0 Å². The summed E-state index contributed by atoms with van der Waals surface area (Å²) in [5.74, 6) is 1.70. The number of nitrogens with one attached hydrogen (secondary N) is 2. The second kappa shape index (κ2) is 8.62. The number of rotatable bonds is 8. The highest BCUT2D eigenvalue weighted by Gasteiger charge is 2.14. The summed E-state index contributed by atoms with van der Waals surface area (Å²) in [5.41, 5.74) is 1.99. The lowest BCUT2D eigenvalue weighted by Gasteiger charge is -2.16. The number of imidazole rings is 1. The molecule has 3 rings (SSSR count). The lowest BCUT2D eigenvalue weighted by molar-refractivity contribution is -0.121. The maximum absolute atomic E-state index is 12.4. The van der Waals surface area contributed by atoms with Gasteiger partial charge in [0, 0.05) is 37.3 Å². The molecule has 2 aromatic heterocycles. The largest absolute Gasteiger partial charge is 0.358 e. The third-order valence-corrected chi connectivity index (χ3v) is 4.53. The summed E-state index contributed by atoms with van der Waals surface area (Å²) in [7, 11) is 0. The molecule has 3 aromatic rings. The van der Waals surface area contributed by atoms with Crippen LogP contribution in [0.4, 0.5) is 5.82 Å². The molecule has 7 heteroatoms. The molecule has 27 heavy (non-hydrogen) atoms. The van der Waals surface area contributed by atoms with Crippen molar-refractivity contribution in [3.63, 3.8) is 0 Å². The van der Waals surface area contributed by atoms with Gasteiger partial charge in [0.1, 0.15) is 24.0 Å². The van der Waals surface area contributed by atoms with E-state index in [0.717, 1.165) is 41.7 Å². The van der Waals surface area contributed by atoms with Gasteiger partial charge >= 0.3 is 0 Å². The van der Waals surface area contributed by atoms with E-state index in [1.54, 1.807) is 0 Å². The molecule has 0 aliphatic carbocycles. The number of aromatic nitrogens is 4. The van der Waals surface area contributed by atoms with Crippen LogP contribution in [0.2, 0.25) is 0 Å². The zero-order valence-corrected chi connectivity index (χ0v) is 16.1. The predicted molar refractivity (Wildman–Crippen MR) is 107 cm³/mol. The first-order valence-electron chi connectivity index (χ1n) is 9.34. The number of nitrogens with zero attached hydrogens (tertiary/aromatic N) is 4. The molecule has 2 heterocycles. The summed E-state index contributed by atoms with van der Waals surface area (Å²) >= 11 is 0. The minimum absolute atomic E-state index is 0.0456. The van der Waals surface area contributed by atoms with Crippen molar-refractivity contribution >= 4 is 22.6 Å². The molecular weight excluding hydrogens is 340 g/mol. The highest BCUT2D eigenvalue weighted by atomic mass is 16.2. The molecule has 1 atom stereocenters. The van der Waals surface area contributed by atoms with E-state index in [1.165, 1.54) is 6.33 Å². The van der Waals surface area contributed by atoms with Crippen LogP contribution in [0.15, 0.2) is 36.9 Å². The van der Waals surface area contributed by atoms with Crippen LogP contribution in [-0.2, 0) is 17.8 Å². The SMILES string of the molecule is CCc1nccn1CCCNC(=O)[C@H](C)Nc1ncnc2ccc(C)cc12. The molecule has 0 saturated heterocycles. The van der Waals surface area contributed by atoms with E-state index in [1.807, 2.05) is 44.4 Å². The standard InChI is InChI=1S/C20H26N6O/c1-4-18-21-9-11-26(18)10-5-8-22-20(27)15(3)25-19-16-12-14(2)6-7-17(16)23-13-24-19/h6-7,9,11-13,15H,4-5,8,10H2,1-3H3,(H,22,27)(H,23,24,25)/t15-/m0/s1. The molecule has 0 aliphatic rings. The quantitative estimate of drug-likeness (QED) is 0.599. The van der Waals surface area contributed by atoms with Crippen LogP contribution < -0.4 is 10.6 Å². The van der Waals surface area contributed by atoms with Crippen molar-refractivity contribution in [3.05, 3.63) is 48.3 Å². The van der Waals surface area contributed by atoms with Crippen LogP contribution in [0.5, 0.6) is 0 Å². The zero-order valence-electron chi connectivity index (χ0n) is 16.1. The summed E-state index contributed by atoms with van der Waals surface area (Å²) in [6, 6.07) is 5.62. The molecule has 0 spiro atoms. The minimum atomic E-state index is -0.386. The number of fused-ring (bicyclic) bond motifs is 1. The smallest absolute Gasteiger partial charge is 0.242 e. The maximum Gasteiger partial charge on any atom is 0.242 e. The van der Waals surface area contributed by atoms with E-state index in [4.69, 9.17) is 0 Å². The van der Waals surface area contributed by atoms with Gasteiger partial charge in [0.05, 0.1) is 5.52 Å². The number of carbonyl (C=O) groups is 1. The molecule has 0 saturated carbocycles. The van der Waals surface area contributed by atoms with Gasteiger partial charge in [0.25, 0.3) is 0 Å². The van der Waals surface area contributed by atoms with Gasteiger partial charge in [-0.25, -0.2) is 15.0 Å². The normalized spacial score (nSPS) is 12.1. The van der Waals surface area contributed by atoms with Gasteiger partial charge in [0.2, 0.25) is 5.91 Å². The van der Waals surface area contributed by atoms with Crippen molar-refractivity contribution in [2.45, 2.75) is 46.2 Å². The van der Waals surface area contributed by atoms with Crippen molar-refractivity contribution in [2.24, 2.45) is 0 Å². The number of hydrogen-bond donors (Lipinski definition) is 2. The van der Waals surface area contributed by atoms with Crippen molar-refractivity contribution in [1.29, 1.82) is 0 Å². The molecule has 142 valence electrons. The number of benzene rings is 1. The Morgan fingerprint density at radius 3 is 2.93 bits per heavy atom. The number of hydrogen-bond acceptors (Lipinski definition) is 5. The summed E-state index contributed by atoms with van der Waals surface area (Å²) in [4.78, 5) is 25.3. The number of anilines is 1. The molecule has 0 radical (unpaired) electrons. The van der Waals surface area contributed by atoms with Crippen molar-refractivity contribution < 1.29 is 4.79 Å². The van der Waals surface area contributed by atoms with Crippen LogP contribution in [0.25, 0.3) is 10.9 Å². The topological polar surface area (TPSA) is 84.7 Å². The molecule has 0 bridgehead atoms. The number of carbonyl (C=O) groups excluding carboxylic acids is 1. The van der Waals surface area contributed by atoms with Gasteiger partial charge in [-0.15, -0.1) is 0 Å². The third-order valence-electron chi connectivity index (χ3n) is 4.53. The molecule has 0 fully saturated rings. The first kappa shape index (κ1) is 18.8. The molecule has 1 aromatic carbocycles. The first-order chi connectivity index (χ1) is 13.1. The Bertz CT molecular complexity index is 920. The second-order valence-corrected chi connectivity index (χ2v) is 6.64. The maximum atomic E-state index is 12.4. The minimum Gasteiger partial charge on any atom is -0.358 e. The number of amides is 1. The lowest BCUT2D eigenvalue weighted by Crippen LogP contribution is -2.38. The fourth-order valence-electron chi connectivity index (χ4n) is 3.03. The Balaban J connectivity index is 1.53. The zero-order chi connectivity index (χ0) is 19.2. The van der Waals surface area contributed by atoms with Gasteiger partial charge in [-0.3, -0.25) is 4.79 Å². The monoisotopic (exact) mass is 366 g/mol. The van der Waals surface area contributed by atoms with Crippen LogP contribution in [-0.4, -0.2) is 38.0 Å². The van der Waals surface area contributed by atoms with E-state index in [2.05, 4.69) is 37.1 Å². The summed E-state index contributed by atoms with van der Waals surface area (Å²) < 4.78 is 2.13. The summed E-state index contributed by atoms with van der Waals surface area (Å²) in [6.07, 6.45) is 7.08. The van der Waals surface area contributed by atoms with Gasteiger partial charge in [0.15, 0.2) is 0 Å². The van der Waals surface area contributed by atoms with Crippen LogP contribution >= 0.6 is 0 Å². The molecule has 2 N–H and O–H groups in total. The van der Waals surface area contributed by atoms with E-state index < -0.39 is 0 Å². The first-order valence-corrected chi connectivity index (χ1v) is 9.34. The molecule has 1 amide bonds. The van der Waals surface area contributed by atoms with E-state index in [9.17, 15) is 4.79 Å². The van der Waals surface area contributed by atoms with E-state index in [-0.39, 0.29) is 11.9 Å². The van der Waals surface area contributed by atoms with Crippen molar-refractivity contribution in [2.75, 3.05) is 11.9 Å². The van der Waals surface area contributed by atoms with Crippen LogP contribution in [0, 0.1) is 6.92 Å². The van der Waals surface area contributed by atoms with Gasteiger partial charge in [-0.2, -0.15) is 0 Å². The summed E-state index contributed by atoms with van der Waals surface area (Å²) in [6.45, 7) is 7.42. The summed E-state index contributed by atoms with van der Waals surface area (Å²) in [5, 5.41) is 7.11. The van der Waals surface area contributed by atoms with Crippen LogP contribution in [0.1, 0.15) is 31.7 Å². The molecule has 0 aliphatic heterocycles.